The maximum absolute atomic E-state index is 11.9. The molecule has 2 rings (SSSR count). The van der Waals surface area contributed by atoms with Gasteiger partial charge in [-0.25, -0.2) is 0 Å². The molecule has 1 N–H and O–H groups in total. The smallest absolute Gasteiger partial charge is 0.248 e. The average molecular weight is 360 g/mol. The molecule has 22 heavy (non-hydrogen) atoms. The van der Waals surface area contributed by atoms with Crippen LogP contribution < -0.4 is 10.1 Å². The molecule has 0 aromatic heterocycles. The fourth-order valence-corrected chi connectivity index (χ4v) is 2.50. The van der Waals surface area contributed by atoms with Gasteiger partial charge >= 0.3 is 0 Å². The van der Waals surface area contributed by atoms with Gasteiger partial charge in [0.2, 0.25) is 5.91 Å². The van der Waals surface area contributed by atoms with Gasteiger partial charge in [0.05, 0.1) is 12.3 Å². The van der Waals surface area contributed by atoms with Gasteiger partial charge in [0.1, 0.15) is 5.75 Å². The zero-order valence-corrected chi connectivity index (χ0v) is 14.2. The Bertz CT molecular complexity index is 678. The molecule has 1 amide bonds. The Labute approximate surface area is 139 Å². The molecule has 0 unspecified atom stereocenters. The molecule has 114 valence electrons. The molecule has 0 bridgehead atoms. The quantitative estimate of drug-likeness (QED) is 0.778. The Morgan fingerprint density at radius 3 is 2.59 bits per heavy atom. The highest BCUT2D eigenvalue weighted by molar-refractivity contribution is 9.10. The van der Waals surface area contributed by atoms with Gasteiger partial charge in [-0.1, -0.05) is 18.2 Å². The fourth-order valence-electron chi connectivity index (χ4n) is 1.91. The summed E-state index contributed by atoms with van der Waals surface area (Å²) in [4.78, 5) is 11.9. The molecule has 4 heteroatoms. The highest BCUT2D eigenvalue weighted by atomic mass is 79.9. The number of nitrogens with one attached hydrogen (secondary N) is 1. The Morgan fingerprint density at radius 2 is 1.95 bits per heavy atom. The van der Waals surface area contributed by atoms with Crippen molar-refractivity contribution in [1.82, 2.24) is 0 Å². The number of benzene rings is 2. The summed E-state index contributed by atoms with van der Waals surface area (Å²) in [6.07, 6.45) is 3.29. The molecule has 0 aliphatic heterocycles. The lowest BCUT2D eigenvalue weighted by atomic mass is 10.2. The van der Waals surface area contributed by atoms with Crippen molar-refractivity contribution in [1.29, 1.82) is 0 Å². The number of rotatable bonds is 5. The van der Waals surface area contributed by atoms with E-state index in [0.29, 0.717) is 6.61 Å². The standard InChI is InChI=1S/C18H18BrNO2/c1-3-22-15-8-5-14(6-9-15)7-11-18(21)20-17-10-4-13(2)12-16(17)19/h4-12H,3H2,1-2H3,(H,20,21)/b11-7+. The van der Waals surface area contributed by atoms with E-state index in [1.165, 1.54) is 6.08 Å². The Kier molecular flexibility index (Phi) is 5.78. The minimum atomic E-state index is -0.168. The van der Waals surface area contributed by atoms with E-state index < -0.39 is 0 Å². The van der Waals surface area contributed by atoms with Crippen LogP contribution in [0.5, 0.6) is 5.75 Å². The van der Waals surface area contributed by atoms with Crippen LogP contribution in [0.3, 0.4) is 0 Å². The van der Waals surface area contributed by atoms with Gasteiger partial charge in [0.25, 0.3) is 0 Å². The van der Waals surface area contributed by atoms with Crippen molar-refractivity contribution < 1.29 is 9.53 Å². The van der Waals surface area contributed by atoms with Crippen LogP contribution in [0.1, 0.15) is 18.1 Å². The van der Waals surface area contributed by atoms with E-state index in [9.17, 15) is 4.79 Å². The summed E-state index contributed by atoms with van der Waals surface area (Å²) >= 11 is 3.44. The number of halogens is 1. The number of hydrogen-bond acceptors (Lipinski definition) is 2. The largest absolute Gasteiger partial charge is 0.494 e. The van der Waals surface area contributed by atoms with Crippen LogP contribution in [0, 0.1) is 6.92 Å². The summed E-state index contributed by atoms with van der Waals surface area (Å²) in [6.45, 7) is 4.59. The number of hydrogen-bond donors (Lipinski definition) is 1. The molecule has 2 aromatic rings. The van der Waals surface area contributed by atoms with E-state index in [0.717, 1.165) is 27.0 Å². The Morgan fingerprint density at radius 1 is 1.23 bits per heavy atom. The van der Waals surface area contributed by atoms with Crippen molar-refractivity contribution in [3.05, 3.63) is 64.1 Å². The number of amides is 1. The van der Waals surface area contributed by atoms with Gasteiger partial charge in [-0.2, -0.15) is 0 Å². The lowest BCUT2D eigenvalue weighted by molar-refractivity contribution is -0.111. The van der Waals surface area contributed by atoms with Crippen LogP contribution in [-0.2, 0) is 4.79 Å². The Hall–Kier alpha value is -2.07. The van der Waals surface area contributed by atoms with Gasteiger partial charge in [0, 0.05) is 10.5 Å². The third-order valence-corrected chi connectivity index (χ3v) is 3.66. The molecule has 0 saturated heterocycles. The second-order valence-electron chi connectivity index (χ2n) is 4.81. The summed E-state index contributed by atoms with van der Waals surface area (Å²) < 4.78 is 6.25. The number of carbonyl (C=O) groups excluding carboxylic acids is 1. The van der Waals surface area contributed by atoms with Gasteiger partial charge in [0.15, 0.2) is 0 Å². The van der Waals surface area contributed by atoms with Crippen LogP contribution in [0.15, 0.2) is 53.0 Å². The van der Waals surface area contributed by atoms with Crippen molar-refractivity contribution in [3.8, 4) is 5.75 Å². The van der Waals surface area contributed by atoms with E-state index in [4.69, 9.17) is 4.74 Å². The average Bonchev–Trinajstić information content (AvgIpc) is 2.50. The maximum Gasteiger partial charge on any atom is 0.248 e. The molecule has 3 nitrogen and oxygen atoms in total. The first-order valence-electron chi connectivity index (χ1n) is 7.06. The van der Waals surface area contributed by atoms with E-state index in [1.54, 1.807) is 6.08 Å². The van der Waals surface area contributed by atoms with Crippen molar-refractivity contribution >= 4 is 33.6 Å². The minimum Gasteiger partial charge on any atom is -0.494 e. The van der Waals surface area contributed by atoms with Gasteiger partial charge < -0.3 is 10.1 Å². The van der Waals surface area contributed by atoms with Crippen LogP contribution in [0.2, 0.25) is 0 Å². The highest BCUT2D eigenvalue weighted by Gasteiger charge is 2.02. The number of ether oxygens (including phenoxy) is 1. The highest BCUT2D eigenvalue weighted by Crippen LogP contribution is 2.23. The summed E-state index contributed by atoms with van der Waals surface area (Å²) in [5.41, 5.74) is 2.84. The van der Waals surface area contributed by atoms with Crippen LogP contribution >= 0.6 is 15.9 Å². The van der Waals surface area contributed by atoms with Crippen LogP contribution in [-0.4, -0.2) is 12.5 Å². The third-order valence-electron chi connectivity index (χ3n) is 3.00. The normalized spacial score (nSPS) is 10.7. The Balaban J connectivity index is 1.98. The molecule has 0 radical (unpaired) electrons. The minimum absolute atomic E-state index is 0.168. The first-order chi connectivity index (χ1) is 10.6. The molecular weight excluding hydrogens is 342 g/mol. The number of anilines is 1. The first-order valence-corrected chi connectivity index (χ1v) is 7.86. The molecule has 0 fully saturated rings. The van der Waals surface area contributed by atoms with Crippen molar-refractivity contribution in [3.63, 3.8) is 0 Å². The van der Waals surface area contributed by atoms with Gasteiger partial charge in [-0.15, -0.1) is 0 Å². The van der Waals surface area contributed by atoms with Crippen LogP contribution in [0.4, 0.5) is 5.69 Å². The van der Waals surface area contributed by atoms with Crippen molar-refractivity contribution in [2.24, 2.45) is 0 Å². The van der Waals surface area contributed by atoms with Crippen molar-refractivity contribution in [2.45, 2.75) is 13.8 Å². The van der Waals surface area contributed by atoms with Crippen molar-refractivity contribution in [2.75, 3.05) is 11.9 Å². The molecule has 0 heterocycles. The molecular formula is C18H18BrNO2. The second-order valence-corrected chi connectivity index (χ2v) is 5.66. The second kappa shape index (κ2) is 7.80. The van der Waals surface area contributed by atoms with Gasteiger partial charge in [-0.3, -0.25) is 4.79 Å². The predicted octanol–water partition coefficient (Wildman–Crippen LogP) is 4.81. The maximum atomic E-state index is 11.9. The topological polar surface area (TPSA) is 38.3 Å². The monoisotopic (exact) mass is 359 g/mol. The molecule has 0 aliphatic rings. The zero-order chi connectivity index (χ0) is 15.9. The third kappa shape index (κ3) is 4.74. The summed E-state index contributed by atoms with van der Waals surface area (Å²) in [5, 5.41) is 2.84. The van der Waals surface area contributed by atoms with E-state index in [-0.39, 0.29) is 5.91 Å². The van der Waals surface area contributed by atoms with Crippen LogP contribution in [0.25, 0.3) is 6.08 Å². The molecule has 0 aliphatic carbocycles. The molecule has 0 atom stereocenters. The van der Waals surface area contributed by atoms with Gasteiger partial charge in [-0.05, 0) is 71.2 Å². The lowest BCUT2D eigenvalue weighted by Gasteiger charge is -2.06. The SMILES string of the molecule is CCOc1ccc(/C=C/C(=O)Nc2ccc(C)cc2Br)cc1. The lowest BCUT2D eigenvalue weighted by Crippen LogP contribution is -2.08. The van der Waals surface area contributed by atoms with E-state index >= 15 is 0 Å². The molecule has 2 aromatic carbocycles. The predicted molar refractivity (Wildman–Crippen MR) is 94.2 cm³/mol. The van der Waals surface area contributed by atoms with E-state index in [1.807, 2.05) is 56.3 Å². The number of carbonyl (C=O) groups is 1. The molecule has 0 saturated carbocycles. The molecule has 0 spiro atoms. The fraction of sp³-hybridized carbons (Fsp3) is 0.167. The van der Waals surface area contributed by atoms with E-state index in [2.05, 4.69) is 21.2 Å². The zero-order valence-electron chi connectivity index (χ0n) is 12.6. The number of aryl methyl sites for hydroxylation is 1. The first kappa shape index (κ1) is 16.3. The summed E-state index contributed by atoms with van der Waals surface area (Å²) in [6, 6.07) is 13.4. The summed E-state index contributed by atoms with van der Waals surface area (Å²) in [5.74, 6) is 0.658. The summed E-state index contributed by atoms with van der Waals surface area (Å²) in [7, 11) is 0.